The molecule has 1 aliphatic rings. The molecule has 0 amide bonds. The zero-order valence-corrected chi connectivity index (χ0v) is 12.1. The van der Waals surface area contributed by atoms with E-state index in [2.05, 4.69) is 51.0 Å². The highest BCUT2D eigenvalue weighted by Crippen LogP contribution is 2.28. The largest absolute Gasteiger partial charge is 0.354 e. The van der Waals surface area contributed by atoms with Crippen LogP contribution in [0.25, 0.3) is 0 Å². The third-order valence-electron chi connectivity index (χ3n) is 3.30. The minimum absolute atomic E-state index is 0.615. The lowest BCUT2D eigenvalue weighted by Gasteiger charge is -2.25. The Labute approximate surface area is 112 Å². The van der Waals surface area contributed by atoms with E-state index in [0.29, 0.717) is 6.04 Å². The lowest BCUT2D eigenvalue weighted by Crippen LogP contribution is -2.29. The van der Waals surface area contributed by atoms with Gasteiger partial charge in [0.15, 0.2) is 0 Å². The molecule has 2 rings (SSSR count). The fourth-order valence-electron chi connectivity index (χ4n) is 2.37. The maximum absolute atomic E-state index is 4.60. The maximum Gasteiger partial charge on any atom is 0.133 e. The number of rotatable bonds is 4. The zero-order valence-electron chi connectivity index (χ0n) is 10.5. The van der Waals surface area contributed by atoms with Gasteiger partial charge in [-0.15, -0.1) is 0 Å². The predicted molar refractivity (Wildman–Crippen MR) is 75.4 cm³/mol. The van der Waals surface area contributed by atoms with E-state index in [4.69, 9.17) is 0 Å². The summed E-state index contributed by atoms with van der Waals surface area (Å²) in [6.07, 6.45) is 4.45. The summed E-state index contributed by atoms with van der Waals surface area (Å²) in [6, 6.07) is 2.79. The lowest BCUT2D eigenvalue weighted by atomic mass is 10.2. The Morgan fingerprint density at radius 3 is 3.06 bits per heavy atom. The van der Waals surface area contributed by atoms with E-state index in [0.717, 1.165) is 29.9 Å². The van der Waals surface area contributed by atoms with Crippen LogP contribution < -0.4 is 10.2 Å². The van der Waals surface area contributed by atoms with Crippen molar-refractivity contribution in [2.24, 2.45) is 0 Å². The molecule has 1 aromatic rings. The van der Waals surface area contributed by atoms with Gasteiger partial charge in [0.05, 0.1) is 0 Å². The first-order chi connectivity index (χ1) is 8.22. The van der Waals surface area contributed by atoms with E-state index >= 15 is 0 Å². The van der Waals surface area contributed by atoms with Crippen molar-refractivity contribution < 1.29 is 0 Å². The van der Waals surface area contributed by atoms with Crippen molar-refractivity contribution in [2.75, 3.05) is 18.0 Å². The topological polar surface area (TPSA) is 28.2 Å². The molecule has 1 fully saturated rings. The van der Waals surface area contributed by atoms with Gasteiger partial charge in [0.25, 0.3) is 0 Å². The highest BCUT2D eigenvalue weighted by atomic mass is 79.9. The van der Waals surface area contributed by atoms with Crippen LogP contribution in [-0.2, 0) is 6.54 Å². The average Bonchev–Trinajstić information content (AvgIpc) is 2.73. The second-order valence-electron chi connectivity index (χ2n) is 4.60. The van der Waals surface area contributed by atoms with Gasteiger partial charge < -0.3 is 10.2 Å². The van der Waals surface area contributed by atoms with Crippen molar-refractivity contribution in [3.05, 3.63) is 22.3 Å². The molecule has 3 nitrogen and oxygen atoms in total. The van der Waals surface area contributed by atoms with Gasteiger partial charge in [-0.2, -0.15) is 0 Å². The maximum atomic E-state index is 4.60. The van der Waals surface area contributed by atoms with E-state index in [1.54, 1.807) is 0 Å². The van der Waals surface area contributed by atoms with Crippen LogP contribution in [0.2, 0.25) is 0 Å². The third kappa shape index (κ3) is 2.99. The summed E-state index contributed by atoms with van der Waals surface area (Å²) < 4.78 is 1.06. The molecule has 0 saturated carbocycles. The van der Waals surface area contributed by atoms with Gasteiger partial charge in [-0.05, 0) is 48.3 Å². The highest BCUT2D eigenvalue weighted by molar-refractivity contribution is 9.10. The number of hydrogen-bond donors (Lipinski definition) is 1. The number of hydrogen-bond acceptors (Lipinski definition) is 3. The van der Waals surface area contributed by atoms with Crippen LogP contribution in [0.4, 0.5) is 5.82 Å². The van der Waals surface area contributed by atoms with Crippen LogP contribution >= 0.6 is 15.9 Å². The van der Waals surface area contributed by atoms with Crippen molar-refractivity contribution >= 4 is 21.7 Å². The van der Waals surface area contributed by atoms with Crippen LogP contribution in [0.5, 0.6) is 0 Å². The molecule has 1 saturated heterocycles. The Kier molecular flexibility index (Phi) is 4.40. The first-order valence-electron chi connectivity index (χ1n) is 6.34. The quantitative estimate of drug-likeness (QED) is 0.926. The summed E-state index contributed by atoms with van der Waals surface area (Å²) >= 11 is 3.50. The summed E-state index contributed by atoms with van der Waals surface area (Å²) in [5, 5.41) is 3.38. The molecule has 4 heteroatoms. The van der Waals surface area contributed by atoms with Crippen LogP contribution in [-0.4, -0.2) is 24.1 Å². The molecule has 1 atom stereocenters. The van der Waals surface area contributed by atoms with Gasteiger partial charge in [0.1, 0.15) is 5.82 Å². The first-order valence-corrected chi connectivity index (χ1v) is 7.13. The molecule has 0 aliphatic carbocycles. The smallest absolute Gasteiger partial charge is 0.133 e. The highest BCUT2D eigenvalue weighted by Gasteiger charge is 2.23. The van der Waals surface area contributed by atoms with Crippen molar-refractivity contribution in [1.82, 2.24) is 10.3 Å². The molecule has 1 aliphatic heterocycles. The third-order valence-corrected chi connectivity index (χ3v) is 3.73. The van der Waals surface area contributed by atoms with Crippen LogP contribution in [0.3, 0.4) is 0 Å². The number of nitrogens with zero attached hydrogens (tertiary/aromatic N) is 2. The van der Waals surface area contributed by atoms with Crippen LogP contribution in [0.1, 0.15) is 32.3 Å². The predicted octanol–water partition coefficient (Wildman–Crippen LogP) is 2.94. The van der Waals surface area contributed by atoms with E-state index in [9.17, 15) is 0 Å². The van der Waals surface area contributed by atoms with E-state index < -0.39 is 0 Å². The SMILES string of the molecule is CCNCc1cc(Br)cnc1N1CCCC1C. The minimum atomic E-state index is 0.615. The van der Waals surface area contributed by atoms with Crippen LogP contribution in [0, 0.1) is 0 Å². The van der Waals surface area contributed by atoms with E-state index in [1.165, 1.54) is 18.4 Å². The van der Waals surface area contributed by atoms with Gasteiger partial charge in [0, 0.05) is 35.4 Å². The van der Waals surface area contributed by atoms with Crippen molar-refractivity contribution in [3.8, 4) is 0 Å². The molecule has 0 aromatic carbocycles. The standard InChI is InChI=1S/C13H20BrN3/c1-3-15-8-11-7-12(14)9-16-13(11)17-6-4-5-10(17)2/h7,9-10,15H,3-6,8H2,1-2H3. The number of halogens is 1. The molecule has 1 aromatic heterocycles. The number of nitrogens with one attached hydrogen (secondary N) is 1. The minimum Gasteiger partial charge on any atom is -0.354 e. The Hall–Kier alpha value is -0.610. The number of aromatic nitrogens is 1. The second kappa shape index (κ2) is 5.83. The Bertz CT molecular complexity index is 381. The molecule has 1 N–H and O–H groups in total. The Balaban J connectivity index is 2.25. The average molecular weight is 298 g/mol. The van der Waals surface area contributed by atoms with Gasteiger partial charge >= 0.3 is 0 Å². The van der Waals surface area contributed by atoms with E-state index in [-0.39, 0.29) is 0 Å². The summed E-state index contributed by atoms with van der Waals surface area (Å²) in [5.74, 6) is 1.15. The van der Waals surface area contributed by atoms with E-state index in [1.807, 2.05) is 6.20 Å². The molecular weight excluding hydrogens is 278 g/mol. The van der Waals surface area contributed by atoms with Crippen molar-refractivity contribution in [1.29, 1.82) is 0 Å². The normalized spacial score (nSPS) is 19.9. The fraction of sp³-hybridized carbons (Fsp3) is 0.615. The number of anilines is 1. The fourth-order valence-corrected chi connectivity index (χ4v) is 2.75. The molecule has 0 spiro atoms. The summed E-state index contributed by atoms with van der Waals surface area (Å²) in [6.45, 7) is 7.43. The molecule has 2 heterocycles. The molecule has 0 bridgehead atoms. The summed E-state index contributed by atoms with van der Waals surface area (Å²) in [5.41, 5.74) is 1.29. The summed E-state index contributed by atoms with van der Waals surface area (Å²) in [7, 11) is 0. The summed E-state index contributed by atoms with van der Waals surface area (Å²) in [4.78, 5) is 7.03. The monoisotopic (exact) mass is 297 g/mol. The van der Waals surface area contributed by atoms with Gasteiger partial charge in [0.2, 0.25) is 0 Å². The van der Waals surface area contributed by atoms with Crippen molar-refractivity contribution in [2.45, 2.75) is 39.3 Å². The molecule has 17 heavy (non-hydrogen) atoms. The van der Waals surface area contributed by atoms with Crippen LogP contribution in [0.15, 0.2) is 16.7 Å². The second-order valence-corrected chi connectivity index (χ2v) is 5.52. The van der Waals surface area contributed by atoms with Gasteiger partial charge in [-0.3, -0.25) is 0 Å². The first kappa shape index (κ1) is 12.8. The molecular formula is C13H20BrN3. The molecule has 94 valence electrons. The van der Waals surface area contributed by atoms with Gasteiger partial charge in [-0.25, -0.2) is 4.98 Å². The zero-order chi connectivity index (χ0) is 12.3. The van der Waals surface area contributed by atoms with Gasteiger partial charge in [-0.1, -0.05) is 6.92 Å². The number of pyridine rings is 1. The Morgan fingerprint density at radius 2 is 2.41 bits per heavy atom. The Morgan fingerprint density at radius 1 is 1.59 bits per heavy atom. The lowest BCUT2D eigenvalue weighted by molar-refractivity contribution is 0.697. The molecule has 1 unspecified atom stereocenters. The molecule has 0 radical (unpaired) electrons. The van der Waals surface area contributed by atoms with Crippen molar-refractivity contribution in [3.63, 3.8) is 0 Å².